The van der Waals surface area contributed by atoms with Crippen molar-refractivity contribution in [1.29, 1.82) is 0 Å². The summed E-state index contributed by atoms with van der Waals surface area (Å²) in [6.07, 6.45) is 1.59. The first-order valence-electron chi connectivity index (χ1n) is 7.79. The maximum absolute atomic E-state index is 12.6. The molecule has 0 saturated carbocycles. The van der Waals surface area contributed by atoms with Gasteiger partial charge in [0.25, 0.3) is 5.91 Å². The van der Waals surface area contributed by atoms with Crippen molar-refractivity contribution in [3.8, 4) is 5.75 Å². The van der Waals surface area contributed by atoms with E-state index in [9.17, 15) is 9.59 Å². The van der Waals surface area contributed by atoms with Gasteiger partial charge in [0.1, 0.15) is 5.75 Å². The summed E-state index contributed by atoms with van der Waals surface area (Å²) in [6, 6.07) is 14.8. The molecule has 2 aromatic carbocycles. The highest BCUT2D eigenvalue weighted by Gasteiger charge is 2.34. The van der Waals surface area contributed by atoms with Crippen LogP contribution in [0.2, 0.25) is 0 Å². The van der Waals surface area contributed by atoms with E-state index in [1.807, 2.05) is 19.1 Å². The van der Waals surface area contributed by atoms with Gasteiger partial charge < -0.3 is 15.2 Å². The minimum atomic E-state index is -1.05. The zero-order chi connectivity index (χ0) is 17.2. The zero-order valence-corrected chi connectivity index (χ0v) is 13.4. The van der Waals surface area contributed by atoms with Gasteiger partial charge in [0.2, 0.25) is 0 Å². The molecular formula is C19H19NO4. The summed E-state index contributed by atoms with van der Waals surface area (Å²) in [5.41, 5.74) is 2.66. The Morgan fingerprint density at radius 2 is 1.79 bits per heavy atom. The first-order valence-corrected chi connectivity index (χ1v) is 7.79. The topological polar surface area (TPSA) is 75.6 Å². The summed E-state index contributed by atoms with van der Waals surface area (Å²) in [6.45, 7) is 1.60. The lowest BCUT2D eigenvalue weighted by atomic mass is 9.98. The minimum absolute atomic E-state index is 0.189. The summed E-state index contributed by atoms with van der Waals surface area (Å²) < 4.78 is 5.12. The number of hydrogen-bond acceptors (Lipinski definition) is 3. The average molecular weight is 325 g/mol. The predicted molar refractivity (Wildman–Crippen MR) is 89.3 cm³/mol. The molecule has 0 heterocycles. The molecule has 0 spiro atoms. The van der Waals surface area contributed by atoms with Crippen LogP contribution >= 0.6 is 0 Å². The van der Waals surface area contributed by atoms with Gasteiger partial charge in [-0.05, 0) is 49.1 Å². The molecule has 5 heteroatoms. The molecule has 0 aromatic heterocycles. The van der Waals surface area contributed by atoms with Crippen molar-refractivity contribution in [3.63, 3.8) is 0 Å². The van der Waals surface area contributed by atoms with Gasteiger partial charge in [-0.3, -0.25) is 4.79 Å². The Bertz CT molecular complexity index is 759. The van der Waals surface area contributed by atoms with E-state index in [2.05, 4.69) is 17.4 Å². The standard InChI is InChI=1S/C19H19NO4/c1-19(10-14-5-2-3-6-15(14)11-19)20-18(23)13-7-4-8-16(9-13)24-12-17(21)22/h2-9H,10-12H2,1H3,(H,20,23)(H,21,22). The molecule has 3 rings (SSSR count). The Morgan fingerprint density at radius 1 is 1.12 bits per heavy atom. The van der Waals surface area contributed by atoms with Gasteiger partial charge in [0.05, 0.1) is 0 Å². The van der Waals surface area contributed by atoms with Gasteiger partial charge in [-0.25, -0.2) is 4.79 Å². The summed E-state index contributed by atoms with van der Waals surface area (Å²) in [4.78, 5) is 23.1. The lowest BCUT2D eigenvalue weighted by Crippen LogP contribution is -2.46. The molecule has 2 aromatic rings. The van der Waals surface area contributed by atoms with Crippen molar-refractivity contribution in [2.24, 2.45) is 0 Å². The molecule has 1 amide bonds. The molecule has 0 fully saturated rings. The average Bonchev–Trinajstić information content (AvgIpc) is 2.88. The first-order chi connectivity index (χ1) is 11.5. The van der Waals surface area contributed by atoms with E-state index in [0.717, 1.165) is 12.8 Å². The molecule has 0 unspecified atom stereocenters. The predicted octanol–water partition coefficient (Wildman–Crippen LogP) is 2.44. The van der Waals surface area contributed by atoms with Crippen molar-refractivity contribution >= 4 is 11.9 Å². The SMILES string of the molecule is CC1(NC(=O)c2cccc(OCC(=O)O)c2)Cc2ccccc2C1. The van der Waals surface area contributed by atoms with Crippen LogP contribution in [0.25, 0.3) is 0 Å². The second-order valence-electron chi connectivity index (χ2n) is 6.35. The van der Waals surface area contributed by atoms with Crippen molar-refractivity contribution in [2.45, 2.75) is 25.3 Å². The largest absolute Gasteiger partial charge is 0.482 e. The van der Waals surface area contributed by atoms with E-state index in [0.29, 0.717) is 11.3 Å². The number of carboxylic acids is 1. The highest BCUT2D eigenvalue weighted by Crippen LogP contribution is 2.30. The van der Waals surface area contributed by atoms with Crippen LogP contribution < -0.4 is 10.1 Å². The normalized spacial score (nSPS) is 14.7. The second-order valence-corrected chi connectivity index (χ2v) is 6.35. The fraction of sp³-hybridized carbons (Fsp3) is 0.263. The van der Waals surface area contributed by atoms with Gasteiger partial charge in [-0.15, -0.1) is 0 Å². The molecule has 1 aliphatic rings. The molecular weight excluding hydrogens is 306 g/mol. The van der Waals surface area contributed by atoms with E-state index in [1.54, 1.807) is 24.3 Å². The van der Waals surface area contributed by atoms with Crippen LogP contribution in [-0.4, -0.2) is 29.1 Å². The van der Waals surface area contributed by atoms with Gasteiger partial charge in [-0.1, -0.05) is 30.3 Å². The smallest absolute Gasteiger partial charge is 0.341 e. The number of fused-ring (bicyclic) bond motifs is 1. The number of amides is 1. The maximum Gasteiger partial charge on any atom is 0.341 e. The van der Waals surface area contributed by atoms with Gasteiger partial charge in [-0.2, -0.15) is 0 Å². The lowest BCUT2D eigenvalue weighted by Gasteiger charge is -2.25. The summed E-state index contributed by atoms with van der Waals surface area (Å²) in [5.74, 6) is -0.878. The highest BCUT2D eigenvalue weighted by molar-refractivity contribution is 5.95. The van der Waals surface area contributed by atoms with Crippen LogP contribution in [0.5, 0.6) is 5.75 Å². The van der Waals surface area contributed by atoms with E-state index in [-0.39, 0.29) is 11.4 Å². The van der Waals surface area contributed by atoms with Crippen LogP contribution in [0.4, 0.5) is 0 Å². The molecule has 0 radical (unpaired) electrons. The summed E-state index contributed by atoms with van der Waals surface area (Å²) >= 11 is 0. The molecule has 24 heavy (non-hydrogen) atoms. The van der Waals surface area contributed by atoms with Crippen molar-refractivity contribution in [3.05, 3.63) is 65.2 Å². The summed E-state index contributed by atoms with van der Waals surface area (Å²) in [7, 11) is 0. The van der Waals surface area contributed by atoms with Crippen LogP contribution in [0.1, 0.15) is 28.4 Å². The molecule has 1 aliphatic carbocycles. The Labute approximate surface area is 140 Å². The number of benzene rings is 2. The molecule has 0 saturated heterocycles. The van der Waals surface area contributed by atoms with Crippen LogP contribution in [0.3, 0.4) is 0 Å². The fourth-order valence-electron chi connectivity index (χ4n) is 3.11. The second kappa shape index (κ2) is 6.35. The van der Waals surface area contributed by atoms with Gasteiger partial charge in [0, 0.05) is 11.1 Å². The number of hydrogen-bond donors (Lipinski definition) is 2. The third-order valence-corrected chi connectivity index (χ3v) is 4.15. The third-order valence-electron chi connectivity index (χ3n) is 4.15. The highest BCUT2D eigenvalue weighted by atomic mass is 16.5. The molecule has 0 atom stereocenters. The fourth-order valence-corrected chi connectivity index (χ4v) is 3.11. The number of ether oxygens (including phenoxy) is 1. The van der Waals surface area contributed by atoms with E-state index in [1.165, 1.54) is 11.1 Å². The van der Waals surface area contributed by atoms with Gasteiger partial charge >= 0.3 is 5.97 Å². The van der Waals surface area contributed by atoms with Crippen LogP contribution in [0, 0.1) is 0 Å². The Hall–Kier alpha value is -2.82. The van der Waals surface area contributed by atoms with E-state index >= 15 is 0 Å². The number of aliphatic carboxylic acids is 1. The zero-order valence-electron chi connectivity index (χ0n) is 13.4. The quantitative estimate of drug-likeness (QED) is 0.885. The Kier molecular flexibility index (Phi) is 4.25. The van der Waals surface area contributed by atoms with Crippen molar-refractivity contribution in [2.75, 3.05) is 6.61 Å². The number of rotatable bonds is 5. The van der Waals surface area contributed by atoms with Crippen molar-refractivity contribution in [1.82, 2.24) is 5.32 Å². The third kappa shape index (κ3) is 3.56. The van der Waals surface area contributed by atoms with Crippen LogP contribution in [0.15, 0.2) is 48.5 Å². The maximum atomic E-state index is 12.6. The van der Waals surface area contributed by atoms with E-state index in [4.69, 9.17) is 9.84 Å². The Balaban J connectivity index is 1.69. The molecule has 0 aliphatic heterocycles. The lowest BCUT2D eigenvalue weighted by molar-refractivity contribution is -0.139. The number of carbonyl (C=O) groups is 2. The number of carboxylic acid groups (broad SMARTS) is 1. The number of nitrogens with one attached hydrogen (secondary N) is 1. The van der Waals surface area contributed by atoms with E-state index < -0.39 is 12.6 Å². The molecule has 5 nitrogen and oxygen atoms in total. The van der Waals surface area contributed by atoms with Crippen molar-refractivity contribution < 1.29 is 19.4 Å². The summed E-state index contributed by atoms with van der Waals surface area (Å²) in [5, 5.41) is 11.8. The molecule has 2 N–H and O–H groups in total. The number of carbonyl (C=O) groups excluding carboxylic acids is 1. The minimum Gasteiger partial charge on any atom is -0.482 e. The monoisotopic (exact) mass is 325 g/mol. The van der Waals surface area contributed by atoms with Crippen LogP contribution in [-0.2, 0) is 17.6 Å². The molecule has 124 valence electrons. The first kappa shape index (κ1) is 16.1. The molecule has 0 bridgehead atoms. The Morgan fingerprint density at radius 3 is 2.42 bits per heavy atom. The van der Waals surface area contributed by atoms with Gasteiger partial charge in [0.15, 0.2) is 6.61 Å².